The number of carbonyl (C=O) groups excluding carboxylic acids is 1. The van der Waals surface area contributed by atoms with E-state index < -0.39 is 0 Å². The van der Waals surface area contributed by atoms with Gasteiger partial charge in [0.25, 0.3) is 0 Å². The van der Waals surface area contributed by atoms with E-state index in [1.165, 1.54) is 11.3 Å². The van der Waals surface area contributed by atoms with Gasteiger partial charge < -0.3 is 10.3 Å². The van der Waals surface area contributed by atoms with Crippen molar-refractivity contribution in [2.24, 2.45) is 5.73 Å². The van der Waals surface area contributed by atoms with Gasteiger partial charge in [-0.1, -0.05) is 37.7 Å². The zero-order valence-electron chi connectivity index (χ0n) is 13.3. The van der Waals surface area contributed by atoms with Crippen LogP contribution < -0.4 is 5.73 Å². The maximum atomic E-state index is 11.0. The molecule has 0 spiro atoms. The van der Waals surface area contributed by atoms with E-state index in [0.717, 1.165) is 14.9 Å². The minimum absolute atomic E-state index is 0.00409. The molecule has 0 saturated carbocycles. The molecular weight excluding hydrogens is 320 g/mol. The number of nitrogens with two attached hydrogens (primary N) is 1. The van der Waals surface area contributed by atoms with Gasteiger partial charge in [-0.05, 0) is 13.8 Å². The van der Waals surface area contributed by atoms with Crippen molar-refractivity contribution >= 4 is 29.0 Å². The number of nitrogens with zero attached hydrogens (tertiary/aromatic N) is 3. The smallest absolute Gasteiger partial charge is 0.239 e. The molecule has 0 saturated heterocycles. The van der Waals surface area contributed by atoms with Crippen molar-refractivity contribution in [2.75, 3.05) is 0 Å². The van der Waals surface area contributed by atoms with E-state index in [0.29, 0.717) is 11.7 Å². The van der Waals surface area contributed by atoms with Crippen LogP contribution in [0.15, 0.2) is 8.86 Å². The Kier molecular flexibility index (Phi) is 4.91. The van der Waals surface area contributed by atoms with Crippen LogP contribution in [0.3, 0.4) is 0 Å². The fourth-order valence-corrected chi connectivity index (χ4v) is 4.10. The molecule has 0 bridgehead atoms. The van der Waals surface area contributed by atoms with Crippen LogP contribution in [0.4, 0.5) is 0 Å². The molecule has 0 radical (unpaired) electrons. The van der Waals surface area contributed by atoms with Crippen LogP contribution in [0.2, 0.25) is 0 Å². The Morgan fingerprint density at radius 3 is 2.64 bits per heavy atom. The highest BCUT2D eigenvalue weighted by Gasteiger charge is 2.24. The minimum atomic E-state index is -0.344. The quantitative estimate of drug-likeness (QED) is 0.841. The second-order valence-electron chi connectivity index (χ2n) is 6.10. The summed E-state index contributed by atoms with van der Waals surface area (Å²) in [5.74, 6) is 0.932. The van der Waals surface area contributed by atoms with Crippen molar-refractivity contribution in [1.82, 2.24) is 15.1 Å². The highest BCUT2D eigenvalue weighted by Crippen LogP contribution is 2.38. The summed E-state index contributed by atoms with van der Waals surface area (Å²) >= 11 is 3.03. The summed E-state index contributed by atoms with van der Waals surface area (Å²) in [6.45, 7) is 10.0. The predicted molar refractivity (Wildman–Crippen MR) is 87.0 cm³/mol. The third-order valence-corrected chi connectivity index (χ3v) is 5.28. The molecule has 0 fully saturated rings. The van der Waals surface area contributed by atoms with Gasteiger partial charge in [-0.2, -0.15) is 4.98 Å². The zero-order chi connectivity index (χ0) is 16.5. The van der Waals surface area contributed by atoms with E-state index in [2.05, 4.69) is 15.1 Å². The molecule has 0 aromatic carbocycles. The number of hydrogen-bond acceptors (Lipinski definition) is 7. The molecule has 0 aliphatic rings. The highest BCUT2D eigenvalue weighted by atomic mass is 32.2. The Hall–Kier alpha value is -1.41. The number of aromatic nitrogens is 3. The van der Waals surface area contributed by atoms with Crippen molar-refractivity contribution in [3.05, 3.63) is 22.3 Å². The monoisotopic (exact) mass is 340 g/mol. The molecule has 120 valence electrons. The Morgan fingerprint density at radius 1 is 1.41 bits per heavy atom. The van der Waals surface area contributed by atoms with Crippen LogP contribution in [0.1, 0.15) is 55.2 Å². The van der Waals surface area contributed by atoms with Gasteiger partial charge in [0.05, 0.1) is 17.4 Å². The first-order valence-corrected chi connectivity index (χ1v) is 8.61. The van der Waals surface area contributed by atoms with Gasteiger partial charge in [0.1, 0.15) is 0 Å². The summed E-state index contributed by atoms with van der Waals surface area (Å²) in [6.07, 6.45) is 0.229. The topological polar surface area (TPSA) is 94.9 Å². The van der Waals surface area contributed by atoms with E-state index in [-0.39, 0.29) is 23.0 Å². The lowest BCUT2D eigenvalue weighted by molar-refractivity contribution is -0.117. The standard InChI is InChI=1S/C14H20N4O2S2/c1-7-9(6-10(15)19)22-13(16-7)21-8(2)11-17-12(18-20-11)14(3,4)5/h8H,6H2,1-5H3,(H2,15,19). The van der Waals surface area contributed by atoms with Crippen LogP contribution in [0.25, 0.3) is 0 Å². The zero-order valence-corrected chi connectivity index (χ0v) is 15.0. The SMILES string of the molecule is Cc1nc(SC(C)c2nc(C(C)(C)C)no2)sc1CC(N)=O. The number of rotatable bonds is 5. The molecule has 2 aromatic rings. The first-order valence-electron chi connectivity index (χ1n) is 6.92. The molecule has 6 nitrogen and oxygen atoms in total. The van der Waals surface area contributed by atoms with E-state index in [1.807, 2.05) is 34.6 Å². The van der Waals surface area contributed by atoms with Gasteiger partial charge in [0.15, 0.2) is 10.2 Å². The fourth-order valence-electron chi connectivity index (χ4n) is 1.68. The van der Waals surface area contributed by atoms with Gasteiger partial charge >= 0.3 is 0 Å². The van der Waals surface area contributed by atoms with Crippen LogP contribution in [0.5, 0.6) is 0 Å². The number of thioether (sulfide) groups is 1. The Balaban J connectivity index is 2.10. The third-order valence-electron chi connectivity index (χ3n) is 2.95. The van der Waals surface area contributed by atoms with E-state index >= 15 is 0 Å². The summed E-state index contributed by atoms with van der Waals surface area (Å²) in [5, 5.41) is 4.03. The fraction of sp³-hybridized carbons (Fsp3) is 0.571. The molecule has 1 unspecified atom stereocenters. The molecular formula is C14H20N4O2S2. The second-order valence-corrected chi connectivity index (χ2v) is 8.77. The third kappa shape index (κ3) is 4.07. The molecule has 1 atom stereocenters. The molecule has 22 heavy (non-hydrogen) atoms. The van der Waals surface area contributed by atoms with Crippen LogP contribution in [-0.2, 0) is 16.6 Å². The summed E-state index contributed by atoms with van der Waals surface area (Å²) in [7, 11) is 0. The number of hydrogen-bond donors (Lipinski definition) is 1. The van der Waals surface area contributed by atoms with Gasteiger partial charge in [-0.15, -0.1) is 11.3 Å². The van der Waals surface area contributed by atoms with Crippen molar-refractivity contribution < 1.29 is 9.32 Å². The number of primary amides is 1. The number of aryl methyl sites for hydroxylation is 1. The molecule has 0 aliphatic carbocycles. The van der Waals surface area contributed by atoms with E-state index in [1.54, 1.807) is 11.8 Å². The van der Waals surface area contributed by atoms with Crippen molar-refractivity contribution in [1.29, 1.82) is 0 Å². The lowest BCUT2D eigenvalue weighted by Crippen LogP contribution is -2.13. The van der Waals surface area contributed by atoms with Gasteiger partial charge in [0.2, 0.25) is 11.8 Å². The number of thiazole rings is 1. The summed E-state index contributed by atoms with van der Waals surface area (Å²) in [4.78, 5) is 20.9. The maximum Gasteiger partial charge on any atom is 0.239 e. The summed E-state index contributed by atoms with van der Waals surface area (Å²) in [6, 6.07) is 0. The molecule has 2 N–H and O–H groups in total. The molecule has 8 heteroatoms. The predicted octanol–water partition coefficient (Wildman–Crippen LogP) is 3.01. The Bertz CT molecular complexity index is 673. The summed E-state index contributed by atoms with van der Waals surface area (Å²) in [5.41, 5.74) is 5.94. The lowest BCUT2D eigenvalue weighted by atomic mass is 9.96. The minimum Gasteiger partial charge on any atom is -0.369 e. The Morgan fingerprint density at radius 2 is 2.09 bits per heavy atom. The first kappa shape index (κ1) is 17.0. The van der Waals surface area contributed by atoms with Crippen LogP contribution in [0, 0.1) is 6.92 Å². The second kappa shape index (κ2) is 6.37. The number of carbonyl (C=O) groups is 1. The highest BCUT2D eigenvalue weighted by molar-refractivity contribution is 8.01. The van der Waals surface area contributed by atoms with Gasteiger partial charge in [-0.25, -0.2) is 4.98 Å². The lowest BCUT2D eigenvalue weighted by Gasteiger charge is -2.11. The average molecular weight is 340 g/mol. The average Bonchev–Trinajstić information content (AvgIpc) is 2.96. The molecule has 2 heterocycles. The normalized spacial score (nSPS) is 13.3. The first-order chi connectivity index (χ1) is 10.2. The molecule has 0 aliphatic heterocycles. The molecule has 2 aromatic heterocycles. The summed E-state index contributed by atoms with van der Waals surface area (Å²) < 4.78 is 6.22. The van der Waals surface area contributed by atoms with Gasteiger partial charge in [-0.3, -0.25) is 4.79 Å². The Labute approximate surface area is 137 Å². The van der Waals surface area contributed by atoms with Crippen LogP contribution in [-0.4, -0.2) is 21.0 Å². The van der Waals surface area contributed by atoms with Crippen molar-refractivity contribution in [2.45, 2.75) is 56.0 Å². The van der Waals surface area contributed by atoms with Crippen molar-refractivity contribution in [3.63, 3.8) is 0 Å². The largest absolute Gasteiger partial charge is 0.369 e. The van der Waals surface area contributed by atoms with Crippen LogP contribution >= 0.6 is 23.1 Å². The number of amides is 1. The van der Waals surface area contributed by atoms with E-state index in [4.69, 9.17) is 10.3 Å². The van der Waals surface area contributed by atoms with E-state index in [9.17, 15) is 4.79 Å². The van der Waals surface area contributed by atoms with Gasteiger partial charge in [0, 0.05) is 10.3 Å². The molecule has 1 amide bonds. The molecule has 2 rings (SSSR count). The van der Waals surface area contributed by atoms with Crippen molar-refractivity contribution in [3.8, 4) is 0 Å². The maximum absolute atomic E-state index is 11.0.